The monoisotopic (exact) mass is 492 g/mol. The fraction of sp³-hybridized carbons (Fsp3) is 0.120. The highest BCUT2D eigenvalue weighted by Gasteiger charge is 2.36. The normalized spacial score (nSPS) is 14.4. The van der Waals surface area contributed by atoms with Gasteiger partial charge in [0.1, 0.15) is 6.54 Å². The van der Waals surface area contributed by atoms with Gasteiger partial charge in [0.15, 0.2) is 18.1 Å². The summed E-state index contributed by atoms with van der Waals surface area (Å²) in [6, 6.07) is 17.8. The highest BCUT2D eigenvalue weighted by Crippen LogP contribution is 2.37. The number of carboxylic acids is 1. The molecular formula is C25H20N2O7S. The number of ether oxygens (including phenoxy) is 2. The zero-order valence-electron chi connectivity index (χ0n) is 18.5. The van der Waals surface area contributed by atoms with Gasteiger partial charge in [-0.25, -0.2) is 4.79 Å². The Labute approximate surface area is 204 Å². The van der Waals surface area contributed by atoms with Crippen molar-refractivity contribution < 1.29 is 33.8 Å². The quantitative estimate of drug-likeness (QED) is 0.453. The molecule has 0 aromatic heterocycles. The number of anilines is 1. The summed E-state index contributed by atoms with van der Waals surface area (Å²) in [6.07, 6.45) is 1.41. The first kappa shape index (κ1) is 23.8. The number of imide groups is 1. The van der Waals surface area contributed by atoms with Crippen LogP contribution < -0.4 is 14.8 Å². The van der Waals surface area contributed by atoms with Crippen LogP contribution in [0.5, 0.6) is 11.5 Å². The Morgan fingerprint density at radius 2 is 1.80 bits per heavy atom. The van der Waals surface area contributed by atoms with E-state index in [-0.39, 0.29) is 16.4 Å². The van der Waals surface area contributed by atoms with Crippen molar-refractivity contribution in [2.24, 2.45) is 0 Å². The molecule has 0 atom stereocenters. The number of fused-ring (bicyclic) bond motifs is 1. The van der Waals surface area contributed by atoms with E-state index in [4.69, 9.17) is 14.6 Å². The molecule has 2 N–H and O–H groups in total. The minimum atomic E-state index is -1.18. The lowest BCUT2D eigenvalue weighted by Gasteiger charge is -2.14. The van der Waals surface area contributed by atoms with Gasteiger partial charge in [0.25, 0.3) is 11.1 Å². The van der Waals surface area contributed by atoms with Gasteiger partial charge < -0.3 is 19.9 Å². The lowest BCUT2D eigenvalue weighted by molar-refractivity contribution is -0.139. The molecule has 0 aliphatic carbocycles. The number of carboxylic acid groups (broad SMARTS) is 1. The van der Waals surface area contributed by atoms with Crippen molar-refractivity contribution in [2.75, 3.05) is 25.6 Å². The van der Waals surface area contributed by atoms with E-state index in [9.17, 15) is 19.2 Å². The van der Waals surface area contributed by atoms with Crippen LogP contribution in [-0.2, 0) is 14.4 Å². The highest BCUT2D eigenvalue weighted by atomic mass is 32.2. The van der Waals surface area contributed by atoms with Crippen LogP contribution >= 0.6 is 11.8 Å². The van der Waals surface area contributed by atoms with Crippen LogP contribution in [0.25, 0.3) is 16.8 Å². The van der Waals surface area contributed by atoms with Crippen LogP contribution in [0.3, 0.4) is 0 Å². The average molecular weight is 493 g/mol. The maximum Gasteiger partial charge on any atom is 0.341 e. The standard InChI is InChI=1S/C25H20N2O7S/c1-33-19-11-5-8-16(23(19)34-14-22(29)30)12-20-24(31)27(25(32)35-20)13-21(28)26-18-10-4-7-15-6-2-3-9-17(15)18/h2-12H,13-14H2,1H3,(H,26,28)(H,29,30)/b20-12+. The number of nitrogens with one attached hydrogen (secondary N) is 1. The third-order valence-corrected chi connectivity index (χ3v) is 6.00. The number of rotatable bonds is 8. The number of thioether (sulfide) groups is 1. The van der Waals surface area contributed by atoms with E-state index in [0.29, 0.717) is 23.0 Å². The Morgan fingerprint density at radius 1 is 1.06 bits per heavy atom. The Bertz CT molecular complexity index is 1360. The number of carbonyl (C=O) groups is 4. The molecule has 1 heterocycles. The number of amides is 3. The van der Waals surface area contributed by atoms with Gasteiger partial charge in [0.05, 0.1) is 12.0 Å². The summed E-state index contributed by atoms with van der Waals surface area (Å²) in [5.74, 6) is -1.94. The number of carbonyl (C=O) groups excluding carboxylic acids is 3. The minimum absolute atomic E-state index is 0.0707. The van der Waals surface area contributed by atoms with Gasteiger partial charge in [-0.2, -0.15) is 0 Å². The summed E-state index contributed by atoms with van der Waals surface area (Å²) in [5.41, 5.74) is 0.934. The molecule has 1 fully saturated rings. The molecule has 1 aliphatic rings. The number of para-hydroxylation sites is 1. The second-order valence-corrected chi connectivity index (χ2v) is 8.40. The summed E-state index contributed by atoms with van der Waals surface area (Å²) in [5, 5.41) is 12.9. The Hall–Kier alpha value is -4.31. The van der Waals surface area contributed by atoms with Gasteiger partial charge in [-0.1, -0.05) is 48.5 Å². The zero-order chi connectivity index (χ0) is 24.9. The SMILES string of the molecule is COc1cccc(/C=C2/SC(=O)N(CC(=O)Nc3cccc4ccccc34)C2=O)c1OCC(=O)O. The fourth-order valence-corrected chi connectivity index (χ4v) is 4.37. The molecule has 178 valence electrons. The molecule has 1 saturated heterocycles. The molecule has 10 heteroatoms. The van der Waals surface area contributed by atoms with Gasteiger partial charge in [-0.05, 0) is 35.4 Å². The van der Waals surface area contributed by atoms with Crippen LogP contribution in [0.4, 0.5) is 10.5 Å². The van der Waals surface area contributed by atoms with Crippen LogP contribution in [-0.4, -0.2) is 53.3 Å². The highest BCUT2D eigenvalue weighted by molar-refractivity contribution is 8.18. The van der Waals surface area contributed by atoms with Gasteiger partial charge >= 0.3 is 5.97 Å². The van der Waals surface area contributed by atoms with Crippen LogP contribution in [0.15, 0.2) is 65.6 Å². The molecule has 9 nitrogen and oxygen atoms in total. The number of methoxy groups -OCH3 is 1. The summed E-state index contributed by atoms with van der Waals surface area (Å²) < 4.78 is 10.6. The second kappa shape index (κ2) is 10.3. The van der Waals surface area contributed by atoms with Crippen molar-refractivity contribution in [3.8, 4) is 11.5 Å². The van der Waals surface area contributed by atoms with E-state index in [1.165, 1.54) is 13.2 Å². The van der Waals surface area contributed by atoms with Crippen molar-refractivity contribution in [3.63, 3.8) is 0 Å². The zero-order valence-corrected chi connectivity index (χ0v) is 19.3. The van der Waals surface area contributed by atoms with Gasteiger partial charge in [0, 0.05) is 16.6 Å². The summed E-state index contributed by atoms with van der Waals surface area (Å²) in [7, 11) is 1.40. The van der Waals surface area contributed by atoms with Crippen molar-refractivity contribution in [1.29, 1.82) is 0 Å². The van der Waals surface area contributed by atoms with Crippen molar-refractivity contribution in [1.82, 2.24) is 4.90 Å². The second-order valence-electron chi connectivity index (χ2n) is 7.40. The average Bonchev–Trinajstić information content (AvgIpc) is 3.10. The Balaban J connectivity index is 1.52. The molecule has 3 aromatic carbocycles. The Morgan fingerprint density at radius 3 is 2.57 bits per heavy atom. The summed E-state index contributed by atoms with van der Waals surface area (Å²) in [4.78, 5) is 50.0. The summed E-state index contributed by atoms with van der Waals surface area (Å²) in [6.45, 7) is -1.07. The molecule has 0 saturated carbocycles. The molecule has 3 aromatic rings. The maximum atomic E-state index is 12.9. The predicted octanol–water partition coefficient (Wildman–Crippen LogP) is 3.99. The van der Waals surface area contributed by atoms with Gasteiger partial charge in [-0.3, -0.25) is 19.3 Å². The first-order valence-corrected chi connectivity index (χ1v) is 11.2. The lowest BCUT2D eigenvalue weighted by Crippen LogP contribution is -2.36. The number of hydrogen-bond donors (Lipinski definition) is 2. The fourth-order valence-electron chi connectivity index (χ4n) is 3.54. The van der Waals surface area contributed by atoms with Gasteiger partial charge in [-0.15, -0.1) is 0 Å². The van der Waals surface area contributed by atoms with E-state index in [0.717, 1.165) is 15.7 Å². The van der Waals surface area contributed by atoms with Crippen molar-refractivity contribution in [3.05, 3.63) is 71.1 Å². The van der Waals surface area contributed by atoms with Crippen LogP contribution in [0.1, 0.15) is 5.56 Å². The number of hydrogen-bond acceptors (Lipinski definition) is 7. The molecular weight excluding hydrogens is 472 g/mol. The minimum Gasteiger partial charge on any atom is -0.493 e. The van der Waals surface area contributed by atoms with E-state index in [1.807, 2.05) is 30.3 Å². The molecule has 1 aliphatic heterocycles. The molecule has 0 radical (unpaired) electrons. The molecule has 0 spiro atoms. The first-order valence-electron chi connectivity index (χ1n) is 10.4. The third-order valence-electron chi connectivity index (χ3n) is 5.09. The van der Waals surface area contributed by atoms with Crippen LogP contribution in [0.2, 0.25) is 0 Å². The summed E-state index contributed by atoms with van der Waals surface area (Å²) >= 11 is 0.680. The molecule has 0 bridgehead atoms. The molecule has 0 unspecified atom stereocenters. The number of nitrogens with zero attached hydrogens (tertiary/aromatic N) is 1. The predicted molar refractivity (Wildman–Crippen MR) is 131 cm³/mol. The Kier molecular flexibility index (Phi) is 7.02. The number of benzene rings is 3. The van der Waals surface area contributed by atoms with Crippen molar-refractivity contribution in [2.45, 2.75) is 0 Å². The van der Waals surface area contributed by atoms with E-state index in [2.05, 4.69) is 5.32 Å². The van der Waals surface area contributed by atoms with Crippen LogP contribution in [0, 0.1) is 0 Å². The third kappa shape index (κ3) is 5.28. The molecule has 3 amide bonds. The first-order chi connectivity index (χ1) is 16.9. The molecule has 4 rings (SSSR count). The lowest BCUT2D eigenvalue weighted by atomic mass is 10.1. The van der Waals surface area contributed by atoms with Gasteiger partial charge in [0.2, 0.25) is 5.91 Å². The van der Waals surface area contributed by atoms with E-state index < -0.39 is 36.2 Å². The smallest absolute Gasteiger partial charge is 0.341 e. The van der Waals surface area contributed by atoms with E-state index in [1.54, 1.807) is 30.3 Å². The molecule has 35 heavy (non-hydrogen) atoms. The van der Waals surface area contributed by atoms with E-state index >= 15 is 0 Å². The maximum absolute atomic E-state index is 12.9. The largest absolute Gasteiger partial charge is 0.493 e. The topological polar surface area (TPSA) is 122 Å². The number of aliphatic carboxylic acids is 1. The van der Waals surface area contributed by atoms with Crippen molar-refractivity contribution >= 4 is 57.3 Å².